The molecule has 1 aliphatic carbocycles. The van der Waals surface area contributed by atoms with Gasteiger partial charge in [0.1, 0.15) is 0 Å². The van der Waals surface area contributed by atoms with E-state index in [9.17, 15) is 4.79 Å². The third-order valence-electron chi connectivity index (χ3n) is 3.65. The number of carbonyl (C=O) groups is 1. The SMILES string of the molecule is N#Cc1cccc(-c2c(C(=O)NC3CC3)nc3sccn23)c1. The highest BCUT2D eigenvalue weighted by atomic mass is 32.1. The highest BCUT2D eigenvalue weighted by Crippen LogP contribution is 2.29. The van der Waals surface area contributed by atoms with Gasteiger partial charge in [-0.05, 0) is 25.0 Å². The molecule has 0 bridgehead atoms. The Kier molecular flexibility index (Phi) is 2.94. The van der Waals surface area contributed by atoms with Crippen LogP contribution in [-0.2, 0) is 0 Å². The number of nitriles is 1. The van der Waals surface area contributed by atoms with Crippen molar-refractivity contribution in [2.45, 2.75) is 18.9 Å². The van der Waals surface area contributed by atoms with Crippen molar-refractivity contribution in [2.24, 2.45) is 0 Å². The number of amides is 1. The fourth-order valence-electron chi connectivity index (χ4n) is 2.44. The third kappa shape index (κ3) is 2.16. The Hall–Kier alpha value is -2.65. The highest BCUT2D eigenvalue weighted by Gasteiger charge is 2.27. The first-order valence-electron chi connectivity index (χ1n) is 7.03. The van der Waals surface area contributed by atoms with Crippen LogP contribution >= 0.6 is 11.3 Å². The number of carbonyl (C=O) groups excluding carboxylic acids is 1. The molecule has 0 aliphatic heterocycles. The van der Waals surface area contributed by atoms with Crippen molar-refractivity contribution in [2.75, 3.05) is 0 Å². The van der Waals surface area contributed by atoms with Crippen LogP contribution in [0.25, 0.3) is 16.2 Å². The van der Waals surface area contributed by atoms with E-state index in [4.69, 9.17) is 5.26 Å². The number of imidazole rings is 1. The molecular formula is C16H12N4OS. The van der Waals surface area contributed by atoms with E-state index in [2.05, 4.69) is 16.4 Å². The lowest BCUT2D eigenvalue weighted by Crippen LogP contribution is -2.26. The van der Waals surface area contributed by atoms with Crippen molar-refractivity contribution in [1.29, 1.82) is 5.26 Å². The van der Waals surface area contributed by atoms with Crippen molar-refractivity contribution in [3.8, 4) is 17.3 Å². The van der Waals surface area contributed by atoms with Crippen molar-refractivity contribution in [3.63, 3.8) is 0 Å². The predicted molar refractivity (Wildman–Crippen MR) is 83.7 cm³/mol. The van der Waals surface area contributed by atoms with E-state index in [1.54, 1.807) is 12.1 Å². The zero-order valence-electron chi connectivity index (χ0n) is 11.6. The predicted octanol–water partition coefficient (Wildman–Crippen LogP) is 2.83. The summed E-state index contributed by atoms with van der Waals surface area (Å²) in [5, 5.41) is 14.0. The molecule has 1 aliphatic rings. The normalized spacial score (nSPS) is 14.0. The molecule has 5 nitrogen and oxygen atoms in total. The third-order valence-corrected chi connectivity index (χ3v) is 4.41. The molecular weight excluding hydrogens is 296 g/mol. The van der Waals surface area contributed by atoms with Crippen molar-refractivity contribution in [1.82, 2.24) is 14.7 Å². The summed E-state index contributed by atoms with van der Waals surface area (Å²) < 4.78 is 1.91. The summed E-state index contributed by atoms with van der Waals surface area (Å²) in [7, 11) is 0. The van der Waals surface area contributed by atoms with Crippen LogP contribution in [0.5, 0.6) is 0 Å². The van der Waals surface area contributed by atoms with Crippen LogP contribution in [-0.4, -0.2) is 21.3 Å². The Morgan fingerprint density at radius 2 is 2.32 bits per heavy atom. The Morgan fingerprint density at radius 3 is 3.09 bits per heavy atom. The average molecular weight is 308 g/mol. The topological polar surface area (TPSA) is 70.2 Å². The van der Waals surface area contributed by atoms with E-state index in [0.717, 1.165) is 29.1 Å². The number of nitrogens with one attached hydrogen (secondary N) is 1. The van der Waals surface area contributed by atoms with Gasteiger partial charge in [-0.2, -0.15) is 5.26 Å². The molecule has 108 valence electrons. The molecule has 4 rings (SSSR count). The van der Waals surface area contributed by atoms with Gasteiger partial charge in [0.2, 0.25) is 0 Å². The second-order valence-electron chi connectivity index (χ2n) is 5.30. The lowest BCUT2D eigenvalue weighted by atomic mass is 10.1. The molecule has 0 unspecified atom stereocenters. The molecule has 1 fully saturated rings. The second kappa shape index (κ2) is 4.97. The molecule has 1 saturated carbocycles. The van der Waals surface area contributed by atoms with Gasteiger partial charge in [-0.1, -0.05) is 12.1 Å². The molecule has 0 saturated heterocycles. The highest BCUT2D eigenvalue weighted by molar-refractivity contribution is 7.15. The van der Waals surface area contributed by atoms with Gasteiger partial charge in [0, 0.05) is 23.2 Å². The Morgan fingerprint density at radius 1 is 1.45 bits per heavy atom. The fourth-order valence-corrected chi connectivity index (χ4v) is 3.15. The maximum Gasteiger partial charge on any atom is 0.272 e. The van der Waals surface area contributed by atoms with Crippen LogP contribution in [0.3, 0.4) is 0 Å². The van der Waals surface area contributed by atoms with Gasteiger partial charge < -0.3 is 5.32 Å². The van der Waals surface area contributed by atoms with Gasteiger partial charge in [0.25, 0.3) is 5.91 Å². The molecule has 0 spiro atoms. The van der Waals surface area contributed by atoms with Crippen molar-refractivity contribution < 1.29 is 4.79 Å². The number of rotatable bonds is 3. The molecule has 1 aromatic carbocycles. The molecule has 0 atom stereocenters. The first kappa shape index (κ1) is 13.0. The molecule has 22 heavy (non-hydrogen) atoms. The number of fused-ring (bicyclic) bond motifs is 1. The van der Waals surface area contributed by atoms with Gasteiger partial charge in [0.15, 0.2) is 10.7 Å². The standard InChI is InChI=1S/C16H12N4OS/c17-9-10-2-1-3-11(8-10)14-13(15(21)18-12-4-5-12)19-16-20(14)6-7-22-16/h1-3,6-8,12H,4-5H2,(H,18,21). The Bertz CT molecular complexity index is 914. The van der Waals surface area contributed by atoms with Gasteiger partial charge in [-0.3, -0.25) is 9.20 Å². The van der Waals surface area contributed by atoms with E-state index in [-0.39, 0.29) is 11.9 Å². The molecule has 1 amide bonds. The fraction of sp³-hybridized carbons (Fsp3) is 0.188. The number of nitrogens with zero attached hydrogens (tertiary/aromatic N) is 3. The molecule has 2 heterocycles. The van der Waals surface area contributed by atoms with E-state index in [0.29, 0.717) is 11.3 Å². The van der Waals surface area contributed by atoms with E-state index in [1.165, 1.54) is 11.3 Å². The number of benzene rings is 1. The number of hydrogen-bond donors (Lipinski definition) is 1. The zero-order chi connectivity index (χ0) is 15.1. The van der Waals surface area contributed by atoms with Gasteiger partial charge in [-0.25, -0.2) is 4.98 Å². The zero-order valence-corrected chi connectivity index (χ0v) is 12.4. The summed E-state index contributed by atoms with van der Waals surface area (Å²) in [6.07, 6.45) is 3.97. The number of hydrogen-bond acceptors (Lipinski definition) is 4. The quantitative estimate of drug-likeness (QED) is 0.809. The lowest BCUT2D eigenvalue weighted by molar-refractivity contribution is 0.0947. The first-order valence-corrected chi connectivity index (χ1v) is 7.91. The molecule has 6 heteroatoms. The summed E-state index contributed by atoms with van der Waals surface area (Å²) >= 11 is 1.49. The van der Waals surface area contributed by atoms with E-state index in [1.807, 2.05) is 28.1 Å². The average Bonchev–Trinajstić information content (AvgIpc) is 3.10. The summed E-state index contributed by atoms with van der Waals surface area (Å²) in [6, 6.07) is 9.67. The summed E-state index contributed by atoms with van der Waals surface area (Å²) in [5.74, 6) is -0.143. The monoisotopic (exact) mass is 308 g/mol. The summed E-state index contributed by atoms with van der Waals surface area (Å²) in [4.78, 5) is 17.7. The summed E-state index contributed by atoms with van der Waals surface area (Å²) in [6.45, 7) is 0. The van der Waals surface area contributed by atoms with Crippen LogP contribution in [0.2, 0.25) is 0 Å². The van der Waals surface area contributed by atoms with Crippen molar-refractivity contribution in [3.05, 3.63) is 47.1 Å². The maximum absolute atomic E-state index is 12.5. The number of thiazole rings is 1. The minimum atomic E-state index is -0.143. The van der Waals surface area contributed by atoms with Crippen LogP contribution in [0.4, 0.5) is 0 Å². The van der Waals surface area contributed by atoms with Crippen LogP contribution in [0.15, 0.2) is 35.8 Å². The molecule has 3 aromatic rings. The second-order valence-corrected chi connectivity index (χ2v) is 6.18. The van der Waals surface area contributed by atoms with Crippen LogP contribution < -0.4 is 5.32 Å². The molecule has 2 aromatic heterocycles. The minimum absolute atomic E-state index is 0.143. The van der Waals surface area contributed by atoms with Crippen LogP contribution in [0, 0.1) is 11.3 Å². The Labute approximate surface area is 130 Å². The molecule has 1 N–H and O–H groups in total. The van der Waals surface area contributed by atoms with Gasteiger partial charge >= 0.3 is 0 Å². The smallest absolute Gasteiger partial charge is 0.272 e. The van der Waals surface area contributed by atoms with E-state index >= 15 is 0 Å². The molecule has 0 radical (unpaired) electrons. The van der Waals surface area contributed by atoms with Gasteiger partial charge in [-0.15, -0.1) is 11.3 Å². The Balaban J connectivity index is 1.88. The van der Waals surface area contributed by atoms with Crippen molar-refractivity contribution >= 4 is 22.2 Å². The lowest BCUT2D eigenvalue weighted by Gasteiger charge is -2.05. The summed E-state index contributed by atoms with van der Waals surface area (Å²) in [5.41, 5.74) is 2.56. The minimum Gasteiger partial charge on any atom is -0.348 e. The maximum atomic E-state index is 12.5. The number of aromatic nitrogens is 2. The van der Waals surface area contributed by atoms with E-state index < -0.39 is 0 Å². The van der Waals surface area contributed by atoms with Gasteiger partial charge in [0.05, 0.1) is 17.3 Å². The first-order chi connectivity index (χ1) is 10.8. The van der Waals surface area contributed by atoms with Crippen LogP contribution in [0.1, 0.15) is 28.9 Å². The largest absolute Gasteiger partial charge is 0.348 e.